The maximum absolute atomic E-state index is 12.8. The number of carbonyl (C=O) groups is 1. The number of aromatic nitrogens is 6. The van der Waals surface area contributed by atoms with Crippen LogP contribution in [0.4, 0.5) is 13.6 Å². The first kappa shape index (κ1) is 19.3. The Morgan fingerprint density at radius 1 is 1.13 bits per heavy atom. The minimum absolute atomic E-state index is 0.129. The number of nitrogens with one attached hydrogen (secondary N) is 1. The molecule has 0 bridgehead atoms. The van der Waals surface area contributed by atoms with Crippen molar-refractivity contribution in [3.05, 3.63) is 60.4 Å². The lowest BCUT2D eigenvalue weighted by molar-refractivity contribution is 0.149. The first-order valence-electron chi connectivity index (χ1n) is 8.84. The second kappa shape index (κ2) is 8.15. The summed E-state index contributed by atoms with van der Waals surface area (Å²) in [6.07, 6.45) is 3.53. The van der Waals surface area contributed by atoms with Crippen molar-refractivity contribution in [1.82, 2.24) is 29.6 Å². The molecule has 1 amide bonds. The minimum Gasteiger partial charge on any atom is -0.406 e. The predicted octanol–water partition coefficient (Wildman–Crippen LogP) is 3.14. The number of hydrogen-bond acceptors (Lipinski definition) is 7. The van der Waals surface area contributed by atoms with E-state index in [2.05, 4.69) is 30.3 Å². The topological polar surface area (TPSA) is 108 Å². The number of alkyl halides is 2. The van der Waals surface area contributed by atoms with Gasteiger partial charge in [0.15, 0.2) is 23.0 Å². The fourth-order valence-electron chi connectivity index (χ4n) is 2.84. The molecular weight excluding hydrogens is 396 g/mol. The molecule has 0 spiro atoms. The molecule has 0 radical (unpaired) electrons. The first-order valence-corrected chi connectivity index (χ1v) is 8.84. The van der Waals surface area contributed by atoms with Gasteiger partial charge in [-0.15, -0.1) is 0 Å². The number of ether oxygens (including phenoxy) is 1. The van der Waals surface area contributed by atoms with Gasteiger partial charge in [-0.2, -0.15) is 0 Å². The summed E-state index contributed by atoms with van der Waals surface area (Å²) in [5.41, 5.74) is 3.56. The maximum Gasteiger partial charge on any atom is 0.432 e. The quantitative estimate of drug-likeness (QED) is 0.537. The molecular formula is C19H15F2N7O2. The number of amides is 1. The Labute approximate surface area is 168 Å². The average molecular weight is 411 g/mol. The van der Waals surface area contributed by atoms with Gasteiger partial charge in [-0.1, -0.05) is 0 Å². The van der Waals surface area contributed by atoms with E-state index in [1.165, 1.54) is 23.3 Å². The second-order valence-electron chi connectivity index (χ2n) is 6.21. The third-order valence-electron chi connectivity index (χ3n) is 4.13. The molecule has 0 unspecified atom stereocenters. The van der Waals surface area contributed by atoms with Crippen LogP contribution in [0.15, 0.2) is 49.2 Å². The van der Waals surface area contributed by atoms with Crippen LogP contribution in [-0.4, -0.2) is 42.1 Å². The largest absolute Gasteiger partial charge is 0.432 e. The third-order valence-corrected chi connectivity index (χ3v) is 4.13. The van der Waals surface area contributed by atoms with E-state index in [4.69, 9.17) is 4.74 Å². The van der Waals surface area contributed by atoms with E-state index in [1.807, 2.05) is 0 Å². The van der Waals surface area contributed by atoms with Gasteiger partial charge in [0.25, 0.3) is 0 Å². The van der Waals surface area contributed by atoms with Gasteiger partial charge in [0, 0.05) is 36.6 Å². The Kier molecular flexibility index (Phi) is 5.24. The van der Waals surface area contributed by atoms with Crippen molar-refractivity contribution in [1.29, 1.82) is 0 Å². The summed E-state index contributed by atoms with van der Waals surface area (Å²) in [4.78, 5) is 33.0. The smallest absolute Gasteiger partial charge is 0.406 e. The van der Waals surface area contributed by atoms with Crippen LogP contribution >= 0.6 is 0 Å². The van der Waals surface area contributed by atoms with E-state index < -0.39 is 18.9 Å². The van der Waals surface area contributed by atoms with Crippen molar-refractivity contribution in [3.63, 3.8) is 0 Å². The summed E-state index contributed by atoms with van der Waals surface area (Å²) in [6, 6.07) is 4.97. The summed E-state index contributed by atoms with van der Waals surface area (Å²) < 4.78 is 32.2. The van der Waals surface area contributed by atoms with Crippen LogP contribution in [0, 0.1) is 6.92 Å². The molecule has 0 saturated carbocycles. The first-order chi connectivity index (χ1) is 14.5. The molecule has 11 heteroatoms. The summed E-state index contributed by atoms with van der Waals surface area (Å²) in [7, 11) is 0. The number of aryl methyl sites for hydroxylation is 1. The molecule has 4 aromatic rings. The Morgan fingerprint density at radius 2 is 1.90 bits per heavy atom. The molecule has 4 aromatic heterocycles. The zero-order valence-corrected chi connectivity index (χ0v) is 15.7. The predicted molar refractivity (Wildman–Crippen MR) is 103 cm³/mol. The number of pyridine rings is 1. The molecule has 0 aliphatic rings. The van der Waals surface area contributed by atoms with Crippen LogP contribution in [0.2, 0.25) is 0 Å². The van der Waals surface area contributed by atoms with E-state index >= 15 is 0 Å². The highest BCUT2D eigenvalue weighted by Crippen LogP contribution is 2.22. The zero-order valence-electron chi connectivity index (χ0n) is 15.7. The molecule has 0 saturated heterocycles. The summed E-state index contributed by atoms with van der Waals surface area (Å²) in [5, 5.41) is 0.518. The van der Waals surface area contributed by atoms with Crippen LogP contribution in [0.5, 0.6) is 5.75 Å². The van der Waals surface area contributed by atoms with E-state index in [-0.39, 0.29) is 11.6 Å². The SMILES string of the molecule is Cc1nc(-c2ncccn2)ncc1OC(=O)Nn1cc(CC(F)F)c2cccnc21. The molecule has 0 atom stereocenters. The van der Waals surface area contributed by atoms with Crippen molar-refractivity contribution in [3.8, 4) is 17.4 Å². The monoisotopic (exact) mass is 411 g/mol. The Bertz CT molecular complexity index is 1200. The van der Waals surface area contributed by atoms with Gasteiger partial charge >= 0.3 is 6.09 Å². The lowest BCUT2D eigenvalue weighted by atomic mass is 10.2. The van der Waals surface area contributed by atoms with Gasteiger partial charge < -0.3 is 4.74 Å². The lowest BCUT2D eigenvalue weighted by Crippen LogP contribution is -2.26. The minimum atomic E-state index is -2.52. The molecule has 9 nitrogen and oxygen atoms in total. The number of hydrogen-bond donors (Lipinski definition) is 1. The van der Waals surface area contributed by atoms with Crippen LogP contribution in [0.25, 0.3) is 22.7 Å². The number of carbonyl (C=O) groups excluding carboxylic acids is 1. The standard InChI is InChI=1S/C19H15F2N7O2/c1-11-14(9-25-17(26-11)16-22-6-3-7-23-16)30-19(29)27-28-10-12(8-15(20)21)13-4-2-5-24-18(13)28/h2-7,9-10,15H,8H2,1H3,(H,27,29). The number of halogens is 2. The molecule has 1 N–H and O–H groups in total. The van der Waals surface area contributed by atoms with Crippen LogP contribution in [0.3, 0.4) is 0 Å². The molecule has 4 rings (SSSR count). The van der Waals surface area contributed by atoms with Crippen molar-refractivity contribution in [2.45, 2.75) is 19.8 Å². The van der Waals surface area contributed by atoms with Gasteiger partial charge in [-0.3, -0.25) is 0 Å². The van der Waals surface area contributed by atoms with E-state index in [0.717, 1.165) is 0 Å². The Morgan fingerprint density at radius 3 is 2.63 bits per heavy atom. The van der Waals surface area contributed by atoms with E-state index in [0.29, 0.717) is 28.1 Å². The normalized spacial score (nSPS) is 11.1. The molecule has 152 valence electrons. The highest BCUT2D eigenvalue weighted by Gasteiger charge is 2.17. The third kappa shape index (κ3) is 4.04. The van der Waals surface area contributed by atoms with Crippen LogP contribution < -0.4 is 10.2 Å². The van der Waals surface area contributed by atoms with Crippen molar-refractivity contribution < 1.29 is 18.3 Å². The maximum atomic E-state index is 12.8. The van der Waals surface area contributed by atoms with Gasteiger partial charge in [0.05, 0.1) is 11.9 Å². The van der Waals surface area contributed by atoms with Crippen molar-refractivity contribution in [2.24, 2.45) is 0 Å². The molecule has 4 heterocycles. The van der Waals surface area contributed by atoms with Gasteiger partial charge in [0.1, 0.15) is 0 Å². The van der Waals surface area contributed by atoms with Crippen molar-refractivity contribution >= 4 is 17.1 Å². The van der Waals surface area contributed by atoms with E-state index in [9.17, 15) is 13.6 Å². The molecule has 30 heavy (non-hydrogen) atoms. The van der Waals surface area contributed by atoms with Crippen LogP contribution in [0.1, 0.15) is 11.3 Å². The molecule has 0 aliphatic carbocycles. The summed E-state index contributed by atoms with van der Waals surface area (Å²) in [6.45, 7) is 1.64. The molecule has 0 aliphatic heterocycles. The number of fused-ring (bicyclic) bond motifs is 1. The highest BCUT2D eigenvalue weighted by atomic mass is 19.3. The summed E-state index contributed by atoms with van der Waals surface area (Å²) in [5.74, 6) is 0.760. The fourth-order valence-corrected chi connectivity index (χ4v) is 2.84. The zero-order chi connectivity index (χ0) is 21.1. The highest BCUT2D eigenvalue weighted by molar-refractivity contribution is 5.85. The second-order valence-corrected chi connectivity index (χ2v) is 6.21. The van der Waals surface area contributed by atoms with E-state index in [1.54, 1.807) is 37.5 Å². The lowest BCUT2D eigenvalue weighted by Gasteiger charge is -2.10. The van der Waals surface area contributed by atoms with Gasteiger partial charge in [-0.05, 0) is 30.7 Å². The molecule has 0 fully saturated rings. The number of rotatable bonds is 5. The van der Waals surface area contributed by atoms with Gasteiger partial charge in [-0.25, -0.2) is 48.6 Å². The number of nitrogens with zero attached hydrogens (tertiary/aromatic N) is 6. The summed E-state index contributed by atoms with van der Waals surface area (Å²) >= 11 is 0. The molecule has 0 aromatic carbocycles. The van der Waals surface area contributed by atoms with Gasteiger partial charge in [0.2, 0.25) is 6.43 Å². The Hall–Kier alpha value is -4.02. The Balaban J connectivity index is 1.53. The van der Waals surface area contributed by atoms with Crippen molar-refractivity contribution in [2.75, 3.05) is 5.43 Å². The van der Waals surface area contributed by atoms with Crippen LogP contribution in [-0.2, 0) is 6.42 Å². The average Bonchev–Trinajstić information content (AvgIpc) is 3.07. The fraction of sp³-hybridized carbons (Fsp3) is 0.158.